The minimum atomic E-state index is 0.375. The van der Waals surface area contributed by atoms with Crippen molar-refractivity contribution < 1.29 is 4.74 Å². The van der Waals surface area contributed by atoms with Crippen LogP contribution < -0.4 is 16.2 Å². The Bertz CT molecular complexity index is 277. The number of rotatable bonds is 1. The van der Waals surface area contributed by atoms with Crippen molar-refractivity contribution in [1.29, 1.82) is 0 Å². The molecule has 1 aromatic rings. The fourth-order valence-electron chi connectivity index (χ4n) is 0.693. The Balaban J connectivity index is 3.24. The highest BCUT2D eigenvalue weighted by Gasteiger charge is 2.05. The van der Waals surface area contributed by atoms with Crippen LogP contribution in [0.1, 0.15) is 0 Å². The predicted octanol–water partition coefficient (Wildman–Crippen LogP) is 0.859. The molecular formula is C6H8IN3O. The molecule has 0 aromatic carbocycles. The molecule has 0 spiro atoms. The van der Waals surface area contributed by atoms with Gasteiger partial charge in [-0.05, 0) is 22.6 Å². The van der Waals surface area contributed by atoms with E-state index >= 15 is 0 Å². The number of hydrogen-bond donors (Lipinski definition) is 2. The first-order valence-corrected chi connectivity index (χ1v) is 3.98. The number of hydrogen-bond acceptors (Lipinski definition) is 4. The standard InChI is InChI=1S/C6H8IN3O/c1-11-3-2-4(8)10-6(9)5(3)7/h2H,1H3,(H4,8,9,10). The van der Waals surface area contributed by atoms with Crippen LogP contribution in [0.15, 0.2) is 6.07 Å². The van der Waals surface area contributed by atoms with E-state index in [9.17, 15) is 0 Å². The predicted molar refractivity (Wildman–Crippen MR) is 52.3 cm³/mol. The summed E-state index contributed by atoms with van der Waals surface area (Å²) in [6.07, 6.45) is 0. The van der Waals surface area contributed by atoms with Crippen molar-refractivity contribution in [1.82, 2.24) is 4.98 Å². The smallest absolute Gasteiger partial charge is 0.143 e. The molecule has 4 N–H and O–H groups in total. The number of nitrogens with two attached hydrogens (primary N) is 2. The summed E-state index contributed by atoms with van der Waals surface area (Å²) in [7, 11) is 1.57. The molecule has 5 heteroatoms. The third-order valence-electron chi connectivity index (χ3n) is 1.19. The summed E-state index contributed by atoms with van der Waals surface area (Å²) in [6.45, 7) is 0. The number of halogens is 1. The van der Waals surface area contributed by atoms with E-state index in [1.807, 2.05) is 0 Å². The van der Waals surface area contributed by atoms with Gasteiger partial charge in [0.15, 0.2) is 0 Å². The average molecular weight is 265 g/mol. The van der Waals surface area contributed by atoms with Crippen LogP contribution in [0.25, 0.3) is 0 Å². The van der Waals surface area contributed by atoms with E-state index in [2.05, 4.69) is 27.6 Å². The molecule has 60 valence electrons. The van der Waals surface area contributed by atoms with Crippen molar-refractivity contribution in [3.8, 4) is 5.75 Å². The van der Waals surface area contributed by atoms with Gasteiger partial charge in [-0.15, -0.1) is 0 Å². The molecule has 0 saturated heterocycles. The maximum Gasteiger partial charge on any atom is 0.143 e. The quantitative estimate of drug-likeness (QED) is 0.738. The molecule has 1 heterocycles. The van der Waals surface area contributed by atoms with Crippen molar-refractivity contribution in [2.45, 2.75) is 0 Å². The highest BCUT2D eigenvalue weighted by molar-refractivity contribution is 14.1. The number of aromatic nitrogens is 1. The van der Waals surface area contributed by atoms with Gasteiger partial charge in [0.1, 0.15) is 17.4 Å². The molecule has 11 heavy (non-hydrogen) atoms. The Hall–Kier alpha value is -0.720. The van der Waals surface area contributed by atoms with Gasteiger partial charge < -0.3 is 16.2 Å². The maximum absolute atomic E-state index is 5.52. The van der Waals surface area contributed by atoms with Gasteiger partial charge in [-0.3, -0.25) is 0 Å². The fraction of sp³-hybridized carbons (Fsp3) is 0.167. The van der Waals surface area contributed by atoms with Crippen molar-refractivity contribution in [3.63, 3.8) is 0 Å². The number of methoxy groups -OCH3 is 1. The first-order valence-electron chi connectivity index (χ1n) is 2.90. The summed E-state index contributed by atoms with van der Waals surface area (Å²) in [5.74, 6) is 1.44. The molecule has 0 aliphatic rings. The van der Waals surface area contributed by atoms with Gasteiger partial charge in [0.25, 0.3) is 0 Å². The zero-order valence-electron chi connectivity index (χ0n) is 5.97. The SMILES string of the molecule is COc1cc(N)nc(N)c1I. The Labute approximate surface area is 78.1 Å². The van der Waals surface area contributed by atoms with E-state index in [-0.39, 0.29) is 0 Å². The van der Waals surface area contributed by atoms with Crippen LogP contribution in [0, 0.1) is 3.57 Å². The van der Waals surface area contributed by atoms with Crippen molar-refractivity contribution in [2.75, 3.05) is 18.6 Å². The van der Waals surface area contributed by atoms with Crippen LogP contribution in [0.5, 0.6) is 5.75 Å². The average Bonchev–Trinajstić information content (AvgIpc) is 1.96. The summed E-state index contributed by atoms with van der Waals surface area (Å²) >= 11 is 2.05. The second-order valence-electron chi connectivity index (χ2n) is 1.95. The van der Waals surface area contributed by atoms with E-state index in [0.717, 1.165) is 3.57 Å². The summed E-state index contributed by atoms with van der Waals surface area (Å²) in [6, 6.07) is 1.64. The zero-order chi connectivity index (χ0) is 8.43. The van der Waals surface area contributed by atoms with Gasteiger partial charge in [-0.1, -0.05) is 0 Å². The van der Waals surface area contributed by atoms with Gasteiger partial charge in [0.05, 0.1) is 10.7 Å². The Morgan fingerprint density at radius 2 is 2.18 bits per heavy atom. The largest absolute Gasteiger partial charge is 0.495 e. The summed E-state index contributed by atoms with van der Waals surface area (Å²) < 4.78 is 5.79. The monoisotopic (exact) mass is 265 g/mol. The fourth-order valence-corrected chi connectivity index (χ4v) is 1.19. The second-order valence-corrected chi connectivity index (χ2v) is 3.03. The molecule has 0 aliphatic carbocycles. The molecule has 0 bridgehead atoms. The minimum Gasteiger partial charge on any atom is -0.495 e. The number of nitrogens with zero attached hydrogens (tertiary/aromatic N) is 1. The van der Waals surface area contributed by atoms with Gasteiger partial charge in [0.2, 0.25) is 0 Å². The summed E-state index contributed by atoms with van der Waals surface area (Å²) in [5, 5.41) is 0. The Morgan fingerprint density at radius 3 is 2.73 bits per heavy atom. The lowest BCUT2D eigenvalue weighted by molar-refractivity contribution is 0.412. The summed E-state index contributed by atoms with van der Waals surface area (Å²) in [4.78, 5) is 3.85. The van der Waals surface area contributed by atoms with E-state index in [1.54, 1.807) is 13.2 Å². The topological polar surface area (TPSA) is 74.2 Å². The first-order chi connectivity index (χ1) is 5.15. The third kappa shape index (κ3) is 1.65. The number of ether oxygens (including phenoxy) is 1. The molecule has 0 amide bonds. The molecule has 0 unspecified atom stereocenters. The normalized spacial score (nSPS) is 9.64. The highest BCUT2D eigenvalue weighted by atomic mass is 127. The van der Waals surface area contributed by atoms with Crippen LogP contribution in [-0.4, -0.2) is 12.1 Å². The molecule has 1 rings (SSSR count). The van der Waals surface area contributed by atoms with Crippen molar-refractivity contribution >= 4 is 34.2 Å². The number of nitrogen functional groups attached to an aromatic ring is 2. The van der Waals surface area contributed by atoms with Crippen molar-refractivity contribution in [2.24, 2.45) is 0 Å². The first kappa shape index (κ1) is 8.38. The molecular weight excluding hydrogens is 257 g/mol. The molecule has 0 aliphatic heterocycles. The molecule has 0 radical (unpaired) electrons. The highest BCUT2D eigenvalue weighted by Crippen LogP contribution is 2.26. The number of anilines is 2. The molecule has 0 atom stereocenters. The van der Waals surface area contributed by atoms with Crippen LogP contribution in [0.2, 0.25) is 0 Å². The van der Waals surface area contributed by atoms with E-state index < -0.39 is 0 Å². The van der Waals surface area contributed by atoms with Gasteiger partial charge in [0, 0.05) is 6.07 Å². The van der Waals surface area contributed by atoms with Crippen LogP contribution in [0.3, 0.4) is 0 Å². The van der Waals surface area contributed by atoms with E-state index in [1.165, 1.54) is 0 Å². The summed E-state index contributed by atoms with van der Waals surface area (Å²) in [5.41, 5.74) is 10.9. The lowest BCUT2D eigenvalue weighted by atomic mass is 10.4. The Morgan fingerprint density at radius 1 is 1.55 bits per heavy atom. The van der Waals surface area contributed by atoms with E-state index in [0.29, 0.717) is 17.4 Å². The van der Waals surface area contributed by atoms with Crippen LogP contribution in [0.4, 0.5) is 11.6 Å². The second kappa shape index (κ2) is 3.12. The molecule has 4 nitrogen and oxygen atoms in total. The van der Waals surface area contributed by atoms with Crippen LogP contribution >= 0.6 is 22.6 Å². The molecule has 0 saturated carbocycles. The molecule has 1 aromatic heterocycles. The van der Waals surface area contributed by atoms with Gasteiger partial charge in [-0.2, -0.15) is 0 Å². The van der Waals surface area contributed by atoms with Gasteiger partial charge in [-0.25, -0.2) is 4.98 Å². The maximum atomic E-state index is 5.52. The number of pyridine rings is 1. The van der Waals surface area contributed by atoms with E-state index in [4.69, 9.17) is 16.2 Å². The van der Waals surface area contributed by atoms with Gasteiger partial charge >= 0.3 is 0 Å². The third-order valence-corrected chi connectivity index (χ3v) is 2.27. The van der Waals surface area contributed by atoms with Crippen LogP contribution in [-0.2, 0) is 0 Å². The zero-order valence-corrected chi connectivity index (χ0v) is 8.12. The molecule has 0 fully saturated rings. The van der Waals surface area contributed by atoms with Crippen molar-refractivity contribution in [3.05, 3.63) is 9.64 Å². The Kier molecular flexibility index (Phi) is 2.38. The minimum absolute atomic E-state index is 0.375. The lowest BCUT2D eigenvalue weighted by Crippen LogP contribution is -2.00. The lowest BCUT2D eigenvalue weighted by Gasteiger charge is -2.05.